The van der Waals surface area contributed by atoms with Crippen molar-refractivity contribution < 1.29 is 18.7 Å². The van der Waals surface area contributed by atoms with E-state index in [0.717, 1.165) is 50.1 Å². The van der Waals surface area contributed by atoms with Crippen LogP contribution in [0.5, 0.6) is 11.5 Å². The maximum atomic E-state index is 12.8. The zero-order chi connectivity index (χ0) is 25.1. The van der Waals surface area contributed by atoms with E-state index >= 15 is 0 Å². The third kappa shape index (κ3) is 5.05. The maximum Gasteiger partial charge on any atom is 0.248 e. The fraction of sp³-hybridized carbons (Fsp3) is 0.207. The van der Waals surface area contributed by atoms with E-state index in [1.54, 1.807) is 25.5 Å². The van der Waals surface area contributed by atoms with Gasteiger partial charge in [0, 0.05) is 38.9 Å². The van der Waals surface area contributed by atoms with Gasteiger partial charge in [-0.2, -0.15) is 0 Å². The number of methoxy groups -OCH3 is 1. The molecule has 35 heavy (non-hydrogen) atoms. The van der Waals surface area contributed by atoms with E-state index in [4.69, 9.17) is 25.5 Å². The number of carbonyl (C=O) groups excluding carboxylic acids is 1. The van der Waals surface area contributed by atoms with Crippen molar-refractivity contribution in [3.05, 3.63) is 82.6 Å². The van der Waals surface area contributed by atoms with Crippen molar-refractivity contribution in [3.8, 4) is 22.6 Å². The summed E-state index contributed by atoms with van der Waals surface area (Å²) < 4.78 is 17.4. The number of furan rings is 1. The smallest absolute Gasteiger partial charge is 0.248 e. The van der Waals surface area contributed by atoms with Crippen molar-refractivity contribution in [2.75, 3.05) is 19.0 Å². The van der Waals surface area contributed by atoms with Gasteiger partial charge >= 0.3 is 0 Å². The summed E-state index contributed by atoms with van der Waals surface area (Å²) in [5.74, 6) is 1.22. The zero-order valence-electron chi connectivity index (χ0n) is 20.5. The van der Waals surface area contributed by atoms with Crippen LogP contribution in [0.1, 0.15) is 30.5 Å². The number of anilines is 1. The van der Waals surface area contributed by atoms with Crippen LogP contribution in [0.4, 0.5) is 5.69 Å². The first-order valence-corrected chi connectivity index (χ1v) is 11.8. The molecule has 5 nitrogen and oxygen atoms in total. The maximum absolute atomic E-state index is 12.8. The number of aryl methyl sites for hydroxylation is 2. The lowest BCUT2D eigenvalue weighted by Gasteiger charge is -2.15. The number of allylic oxidation sites excluding steroid dienone is 1. The number of hydrogen-bond donors (Lipinski definition) is 1. The third-order valence-electron chi connectivity index (χ3n) is 5.93. The second-order valence-corrected chi connectivity index (χ2v) is 8.76. The van der Waals surface area contributed by atoms with Gasteiger partial charge in [-0.05, 0) is 74.7 Å². The highest BCUT2D eigenvalue weighted by atomic mass is 35.5. The molecule has 1 amide bonds. The van der Waals surface area contributed by atoms with E-state index in [1.807, 2.05) is 70.2 Å². The molecule has 0 aliphatic rings. The number of carbonyl (C=O) groups is 1. The lowest BCUT2D eigenvalue weighted by molar-refractivity contribution is -0.111. The van der Waals surface area contributed by atoms with Crippen LogP contribution in [0.25, 0.3) is 27.7 Å². The molecule has 0 bridgehead atoms. The Morgan fingerprint density at radius 3 is 2.66 bits per heavy atom. The van der Waals surface area contributed by atoms with Crippen molar-refractivity contribution in [1.82, 2.24) is 0 Å². The minimum atomic E-state index is -0.247. The fourth-order valence-corrected chi connectivity index (χ4v) is 4.26. The minimum absolute atomic E-state index is 0.247. The normalized spacial score (nSPS) is 11.5. The zero-order valence-corrected chi connectivity index (χ0v) is 21.2. The number of halogens is 1. The van der Waals surface area contributed by atoms with E-state index in [0.29, 0.717) is 23.1 Å². The Labute approximate surface area is 210 Å². The van der Waals surface area contributed by atoms with E-state index in [9.17, 15) is 4.79 Å². The Bertz CT molecular complexity index is 1430. The molecule has 3 aromatic carbocycles. The largest absolute Gasteiger partial charge is 0.497 e. The van der Waals surface area contributed by atoms with Crippen LogP contribution in [0.15, 0.2) is 65.3 Å². The second kappa shape index (κ2) is 10.3. The van der Waals surface area contributed by atoms with Crippen molar-refractivity contribution in [2.45, 2.75) is 27.7 Å². The number of benzene rings is 3. The van der Waals surface area contributed by atoms with E-state index in [2.05, 4.69) is 5.32 Å². The summed E-state index contributed by atoms with van der Waals surface area (Å²) >= 11 is 6.20. The Balaban J connectivity index is 1.77. The highest BCUT2D eigenvalue weighted by Crippen LogP contribution is 2.41. The molecule has 0 unspecified atom stereocenters. The molecule has 0 radical (unpaired) electrons. The molecule has 180 valence electrons. The molecule has 4 aromatic rings. The van der Waals surface area contributed by atoms with Gasteiger partial charge in [0.15, 0.2) is 0 Å². The van der Waals surface area contributed by atoms with E-state index < -0.39 is 0 Å². The molecule has 0 saturated carbocycles. The number of amides is 1. The van der Waals surface area contributed by atoms with Crippen LogP contribution >= 0.6 is 11.6 Å². The summed E-state index contributed by atoms with van der Waals surface area (Å²) in [5, 5.41) is 4.43. The molecule has 0 aliphatic heterocycles. The van der Waals surface area contributed by atoms with Gasteiger partial charge in [0.25, 0.3) is 0 Å². The van der Waals surface area contributed by atoms with Crippen molar-refractivity contribution in [1.29, 1.82) is 0 Å². The summed E-state index contributed by atoms with van der Waals surface area (Å²) in [5.41, 5.74) is 6.75. The molecular formula is C29H28ClNO4. The average Bonchev–Trinajstić information content (AvgIpc) is 3.27. The van der Waals surface area contributed by atoms with Crippen molar-refractivity contribution in [3.63, 3.8) is 0 Å². The number of rotatable bonds is 7. The first-order valence-electron chi connectivity index (χ1n) is 11.4. The van der Waals surface area contributed by atoms with Gasteiger partial charge in [-0.3, -0.25) is 4.79 Å². The first kappa shape index (κ1) is 24.4. The highest BCUT2D eigenvalue weighted by Gasteiger charge is 2.19. The molecule has 0 fully saturated rings. The Morgan fingerprint density at radius 1 is 1.14 bits per heavy atom. The number of hydrogen-bond acceptors (Lipinski definition) is 4. The summed E-state index contributed by atoms with van der Waals surface area (Å²) in [6.07, 6.45) is 3.32. The Hall–Kier alpha value is -3.70. The molecular weight excluding hydrogens is 462 g/mol. The van der Waals surface area contributed by atoms with Crippen LogP contribution < -0.4 is 14.8 Å². The SMILES string of the molecule is CCOc1c(/C(C)=C/C(=O)Nc2ccc(C)c(Cl)c2)cc2c(-c3cccc(OC)c3)coc2c1C. The Morgan fingerprint density at radius 2 is 1.94 bits per heavy atom. The van der Waals surface area contributed by atoms with Crippen molar-refractivity contribution >= 4 is 39.7 Å². The molecule has 0 aliphatic carbocycles. The van der Waals surface area contributed by atoms with Crippen LogP contribution in [0.3, 0.4) is 0 Å². The average molecular weight is 490 g/mol. The van der Waals surface area contributed by atoms with Gasteiger partial charge < -0.3 is 19.2 Å². The van der Waals surface area contributed by atoms with Gasteiger partial charge in [-0.25, -0.2) is 0 Å². The summed E-state index contributed by atoms with van der Waals surface area (Å²) in [7, 11) is 1.65. The summed E-state index contributed by atoms with van der Waals surface area (Å²) in [6.45, 7) is 8.21. The predicted octanol–water partition coefficient (Wildman–Crippen LogP) is 7.82. The molecule has 4 rings (SSSR count). The monoisotopic (exact) mass is 489 g/mol. The molecule has 1 aromatic heterocycles. The van der Waals surface area contributed by atoms with Crippen LogP contribution in [-0.2, 0) is 4.79 Å². The topological polar surface area (TPSA) is 60.7 Å². The van der Waals surface area contributed by atoms with Gasteiger partial charge in [0.05, 0.1) is 20.0 Å². The predicted molar refractivity (Wildman–Crippen MR) is 143 cm³/mol. The number of nitrogens with one attached hydrogen (secondary N) is 1. The number of ether oxygens (including phenoxy) is 2. The van der Waals surface area contributed by atoms with E-state index in [-0.39, 0.29) is 5.91 Å². The molecule has 1 heterocycles. The number of fused-ring (bicyclic) bond motifs is 1. The summed E-state index contributed by atoms with van der Waals surface area (Å²) in [4.78, 5) is 12.8. The molecule has 0 saturated heterocycles. The minimum Gasteiger partial charge on any atom is -0.497 e. The highest BCUT2D eigenvalue weighted by molar-refractivity contribution is 6.31. The van der Waals surface area contributed by atoms with Gasteiger partial charge in [-0.1, -0.05) is 29.8 Å². The van der Waals surface area contributed by atoms with Gasteiger partial charge in [-0.15, -0.1) is 0 Å². The van der Waals surface area contributed by atoms with Gasteiger partial charge in [0.1, 0.15) is 17.1 Å². The quantitative estimate of drug-likeness (QED) is 0.269. The lowest BCUT2D eigenvalue weighted by atomic mass is 9.96. The fourth-order valence-electron chi connectivity index (χ4n) is 4.08. The Kier molecular flexibility index (Phi) is 7.17. The third-order valence-corrected chi connectivity index (χ3v) is 6.33. The second-order valence-electron chi connectivity index (χ2n) is 8.35. The van der Waals surface area contributed by atoms with Gasteiger partial charge in [0.2, 0.25) is 5.91 Å². The van der Waals surface area contributed by atoms with Crippen LogP contribution in [0.2, 0.25) is 5.02 Å². The van der Waals surface area contributed by atoms with Crippen LogP contribution in [-0.4, -0.2) is 19.6 Å². The molecule has 0 spiro atoms. The standard InChI is InChI=1S/C29H28ClNO4/c1-6-34-28-19(4)29-24(25(16-35-29)20-8-7-9-22(13-20)33-5)15-23(28)18(3)12-27(32)31-21-11-10-17(2)26(30)14-21/h7-16H,6H2,1-5H3,(H,31,32)/b18-12+. The molecule has 1 N–H and O–H groups in total. The van der Waals surface area contributed by atoms with Crippen molar-refractivity contribution in [2.24, 2.45) is 0 Å². The lowest BCUT2D eigenvalue weighted by Crippen LogP contribution is -2.09. The molecule has 0 atom stereocenters. The van der Waals surface area contributed by atoms with E-state index in [1.165, 1.54) is 0 Å². The first-order chi connectivity index (χ1) is 16.8. The summed E-state index contributed by atoms with van der Waals surface area (Å²) in [6, 6.07) is 15.3. The molecule has 6 heteroatoms. The van der Waals surface area contributed by atoms with Crippen LogP contribution in [0, 0.1) is 13.8 Å².